The molecule has 4 aromatic rings. The number of imidazole rings is 1. The summed E-state index contributed by atoms with van der Waals surface area (Å²) < 4.78 is 13.2. The molecule has 0 aliphatic carbocycles. The second-order valence-corrected chi connectivity index (χ2v) is 7.77. The van der Waals surface area contributed by atoms with Crippen LogP contribution >= 0.6 is 0 Å². The van der Waals surface area contributed by atoms with Crippen molar-refractivity contribution in [1.82, 2.24) is 24.6 Å². The molecule has 1 aliphatic heterocycles. The number of rotatable bonds is 7. The number of nitrogens with zero attached hydrogens (tertiary/aromatic N) is 7. The topological polar surface area (TPSA) is 90.5 Å². The van der Waals surface area contributed by atoms with Crippen LogP contribution in [-0.4, -0.2) is 63.7 Å². The maximum atomic E-state index is 6.07. The lowest BCUT2D eigenvalue weighted by atomic mass is 10.2. The van der Waals surface area contributed by atoms with Gasteiger partial charge in [-0.2, -0.15) is 15.1 Å². The number of fused-ring (bicyclic) bond motifs is 1. The van der Waals surface area contributed by atoms with Crippen LogP contribution in [0.3, 0.4) is 0 Å². The summed E-state index contributed by atoms with van der Waals surface area (Å²) >= 11 is 0. The van der Waals surface area contributed by atoms with Crippen molar-refractivity contribution in [2.45, 2.75) is 13.3 Å². The van der Waals surface area contributed by atoms with Crippen LogP contribution in [0.5, 0.6) is 5.88 Å². The third kappa shape index (κ3) is 4.98. The number of benzene rings is 1. The summed E-state index contributed by atoms with van der Waals surface area (Å²) in [6, 6.07) is 14.0. The zero-order chi connectivity index (χ0) is 22.5. The first-order chi connectivity index (χ1) is 16.3. The quantitative estimate of drug-likeness (QED) is 0.406. The first-order valence-electron chi connectivity index (χ1n) is 11.0. The number of morpholine rings is 1. The summed E-state index contributed by atoms with van der Waals surface area (Å²) in [4.78, 5) is 20.4. The largest absolute Gasteiger partial charge is 0.476 e. The van der Waals surface area contributed by atoms with Crippen LogP contribution in [0.4, 0.5) is 5.95 Å². The molecule has 1 aliphatic rings. The lowest BCUT2D eigenvalue weighted by Crippen LogP contribution is -2.37. The molecule has 0 spiro atoms. The lowest BCUT2D eigenvalue weighted by Gasteiger charge is -2.26. The first-order valence-corrected chi connectivity index (χ1v) is 11.0. The maximum Gasteiger partial charge on any atom is 0.247 e. The van der Waals surface area contributed by atoms with Crippen molar-refractivity contribution in [1.29, 1.82) is 0 Å². The van der Waals surface area contributed by atoms with Gasteiger partial charge in [0.05, 0.1) is 26.0 Å². The van der Waals surface area contributed by atoms with E-state index < -0.39 is 0 Å². The Morgan fingerprint density at radius 1 is 1.09 bits per heavy atom. The number of anilines is 1. The summed E-state index contributed by atoms with van der Waals surface area (Å²) in [5.74, 6) is 1.04. The van der Waals surface area contributed by atoms with E-state index in [0.29, 0.717) is 49.2 Å². The SMILES string of the molecule is Cc1cccc(C=Nn2cnc3c(OCCc4ccccn4)nc(N4CCOCC4)nc32)c1. The summed E-state index contributed by atoms with van der Waals surface area (Å²) in [5, 5.41) is 4.59. The highest BCUT2D eigenvalue weighted by Crippen LogP contribution is 2.25. The van der Waals surface area contributed by atoms with Gasteiger partial charge in [-0.3, -0.25) is 4.98 Å². The average Bonchev–Trinajstić information content (AvgIpc) is 3.27. The summed E-state index contributed by atoms with van der Waals surface area (Å²) in [5.41, 5.74) is 4.32. The molecule has 0 bridgehead atoms. The molecule has 0 N–H and O–H groups in total. The van der Waals surface area contributed by atoms with Crippen molar-refractivity contribution in [3.8, 4) is 5.88 Å². The molecule has 168 valence electrons. The van der Waals surface area contributed by atoms with Gasteiger partial charge in [-0.05, 0) is 24.6 Å². The van der Waals surface area contributed by atoms with Crippen LogP contribution in [0.2, 0.25) is 0 Å². The van der Waals surface area contributed by atoms with Crippen molar-refractivity contribution in [3.63, 3.8) is 0 Å². The van der Waals surface area contributed by atoms with Gasteiger partial charge < -0.3 is 14.4 Å². The van der Waals surface area contributed by atoms with Gasteiger partial charge in [0.15, 0.2) is 11.2 Å². The van der Waals surface area contributed by atoms with Crippen LogP contribution in [0.15, 0.2) is 60.1 Å². The molecule has 1 fully saturated rings. The lowest BCUT2D eigenvalue weighted by molar-refractivity contribution is 0.122. The number of aromatic nitrogens is 5. The van der Waals surface area contributed by atoms with Gasteiger partial charge in [0.25, 0.3) is 0 Å². The number of aryl methyl sites for hydroxylation is 1. The number of pyridine rings is 1. The number of hydrogen-bond acceptors (Lipinski definition) is 8. The van der Waals surface area contributed by atoms with Gasteiger partial charge >= 0.3 is 0 Å². The summed E-state index contributed by atoms with van der Waals surface area (Å²) in [6.45, 7) is 5.22. The number of ether oxygens (including phenoxy) is 2. The standard InChI is InChI=1S/C24H25N7O2/c1-18-5-4-6-19(15-18)16-27-31-17-26-21-22(31)28-24(30-10-13-32-14-11-30)29-23(21)33-12-8-20-7-2-3-9-25-20/h2-7,9,15-17H,8,10-14H2,1H3. The van der Waals surface area contributed by atoms with E-state index in [4.69, 9.17) is 14.5 Å². The highest BCUT2D eigenvalue weighted by molar-refractivity contribution is 5.82. The van der Waals surface area contributed by atoms with E-state index >= 15 is 0 Å². The van der Waals surface area contributed by atoms with Gasteiger partial charge in [-0.15, -0.1) is 0 Å². The zero-order valence-corrected chi connectivity index (χ0v) is 18.5. The van der Waals surface area contributed by atoms with E-state index in [2.05, 4.69) is 44.0 Å². The fourth-order valence-electron chi connectivity index (χ4n) is 3.62. The third-order valence-corrected chi connectivity index (χ3v) is 5.33. The van der Waals surface area contributed by atoms with Crippen molar-refractivity contribution >= 4 is 23.3 Å². The molecule has 0 unspecified atom stereocenters. The highest BCUT2D eigenvalue weighted by atomic mass is 16.5. The van der Waals surface area contributed by atoms with Crippen LogP contribution in [0.25, 0.3) is 11.2 Å². The fourth-order valence-corrected chi connectivity index (χ4v) is 3.62. The van der Waals surface area contributed by atoms with Gasteiger partial charge in [-0.1, -0.05) is 35.9 Å². The minimum Gasteiger partial charge on any atom is -0.476 e. The summed E-state index contributed by atoms with van der Waals surface area (Å²) in [6.07, 6.45) is 5.89. The van der Waals surface area contributed by atoms with Gasteiger partial charge in [0.1, 0.15) is 6.33 Å². The molecular weight excluding hydrogens is 418 g/mol. The molecule has 4 heterocycles. The van der Waals surface area contributed by atoms with E-state index in [-0.39, 0.29) is 0 Å². The molecular formula is C24H25N7O2. The fraction of sp³-hybridized carbons (Fsp3) is 0.292. The van der Waals surface area contributed by atoms with Crippen LogP contribution in [0.1, 0.15) is 16.8 Å². The predicted octanol–water partition coefficient (Wildman–Crippen LogP) is 2.87. The van der Waals surface area contributed by atoms with Crippen molar-refractivity contribution in [2.75, 3.05) is 37.8 Å². The molecule has 9 heteroatoms. The third-order valence-electron chi connectivity index (χ3n) is 5.33. The normalized spacial score (nSPS) is 14.3. The maximum absolute atomic E-state index is 6.07. The second kappa shape index (κ2) is 9.74. The van der Waals surface area contributed by atoms with Gasteiger partial charge in [-0.25, -0.2) is 9.66 Å². The van der Waals surface area contributed by atoms with Crippen molar-refractivity contribution in [2.24, 2.45) is 5.10 Å². The van der Waals surface area contributed by atoms with E-state index in [9.17, 15) is 0 Å². The molecule has 0 saturated carbocycles. The van der Waals surface area contributed by atoms with Crippen molar-refractivity contribution < 1.29 is 9.47 Å². The Morgan fingerprint density at radius 2 is 2.00 bits per heavy atom. The molecule has 5 rings (SSSR count). The predicted molar refractivity (Wildman–Crippen MR) is 126 cm³/mol. The van der Waals surface area contributed by atoms with E-state index in [0.717, 1.165) is 24.3 Å². The second-order valence-electron chi connectivity index (χ2n) is 7.77. The molecule has 1 saturated heterocycles. The molecule has 33 heavy (non-hydrogen) atoms. The molecule has 3 aromatic heterocycles. The Morgan fingerprint density at radius 3 is 2.82 bits per heavy atom. The van der Waals surface area contributed by atoms with Crippen LogP contribution in [0, 0.1) is 6.92 Å². The van der Waals surface area contributed by atoms with Gasteiger partial charge in [0, 0.05) is 31.4 Å². The minimum atomic E-state index is 0.436. The van der Waals surface area contributed by atoms with E-state index in [1.807, 2.05) is 30.3 Å². The Bertz CT molecular complexity index is 1250. The molecule has 0 atom stereocenters. The Kier molecular flexibility index (Phi) is 6.21. The zero-order valence-electron chi connectivity index (χ0n) is 18.5. The van der Waals surface area contributed by atoms with E-state index in [1.54, 1.807) is 23.4 Å². The average molecular weight is 444 g/mol. The Hall–Kier alpha value is -3.85. The smallest absolute Gasteiger partial charge is 0.247 e. The molecule has 0 amide bonds. The van der Waals surface area contributed by atoms with E-state index in [1.165, 1.54) is 5.56 Å². The Labute approximate surface area is 191 Å². The summed E-state index contributed by atoms with van der Waals surface area (Å²) in [7, 11) is 0. The van der Waals surface area contributed by atoms with Crippen LogP contribution in [-0.2, 0) is 11.2 Å². The highest BCUT2D eigenvalue weighted by Gasteiger charge is 2.20. The minimum absolute atomic E-state index is 0.436. The molecule has 0 radical (unpaired) electrons. The van der Waals surface area contributed by atoms with Crippen LogP contribution < -0.4 is 9.64 Å². The monoisotopic (exact) mass is 443 g/mol. The van der Waals surface area contributed by atoms with Gasteiger partial charge in [0.2, 0.25) is 11.8 Å². The molecule has 1 aromatic carbocycles. The molecule has 9 nitrogen and oxygen atoms in total. The van der Waals surface area contributed by atoms with Crippen molar-refractivity contribution in [3.05, 3.63) is 71.8 Å². The first kappa shape index (κ1) is 21.0. The number of hydrogen-bond donors (Lipinski definition) is 0. The Balaban J connectivity index is 1.45.